The molecule has 8 aromatic rings. The van der Waals surface area contributed by atoms with Crippen LogP contribution < -0.4 is 4.74 Å². The summed E-state index contributed by atoms with van der Waals surface area (Å²) in [4.78, 5) is 5.20. The molecular weight excluding hydrogens is 633 g/mol. The minimum absolute atomic E-state index is 0.595. The van der Waals surface area contributed by atoms with Gasteiger partial charge in [-0.3, -0.25) is 0 Å². The summed E-state index contributed by atoms with van der Waals surface area (Å²) in [5.74, 6) is 1.69. The Morgan fingerprint density at radius 1 is 0.442 bits per heavy atom. The molecule has 244 valence electrons. The van der Waals surface area contributed by atoms with Gasteiger partial charge in [-0.25, -0.2) is 4.98 Å². The average molecular weight is 665 g/mol. The topological polar surface area (TPSA) is 45.9 Å². The second-order valence-corrected chi connectivity index (χ2v) is 13.0. The van der Waals surface area contributed by atoms with E-state index in [0.29, 0.717) is 5.56 Å². The lowest BCUT2D eigenvalue weighted by Gasteiger charge is -2.42. The van der Waals surface area contributed by atoms with Crippen LogP contribution in [0, 0.1) is 11.3 Å². The van der Waals surface area contributed by atoms with Crippen molar-refractivity contribution in [2.45, 2.75) is 5.41 Å². The fraction of sp³-hybridized carbons (Fsp3) is 0.0204. The minimum atomic E-state index is -0.595. The molecule has 0 N–H and O–H groups in total. The largest absolute Gasteiger partial charge is 0.456 e. The fourth-order valence-electron chi connectivity index (χ4n) is 7.64. The van der Waals surface area contributed by atoms with Crippen molar-refractivity contribution < 1.29 is 4.74 Å². The van der Waals surface area contributed by atoms with Gasteiger partial charge in [0, 0.05) is 27.8 Å². The van der Waals surface area contributed by atoms with Gasteiger partial charge >= 0.3 is 0 Å². The first kappa shape index (κ1) is 31.0. The van der Waals surface area contributed by atoms with Gasteiger partial charge in [-0.15, -0.1) is 0 Å². The Kier molecular flexibility index (Phi) is 7.76. The lowest BCUT2D eigenvalue weighted by Crippen LogP contribution is -2.34. The second kappa shape index (κ2) is 13.0. The summed E-state index contributed by atoms with van der Waals surface area (Å²) >= 11 is 0. The van der Waals surface area contributed by atoms with E-state index in [-0.39, 0.29) is 0 Å². The SMILES string of the molecule is N#Cc1ccc(-c2cc(-c3ccccc3)cc(-c3cccc(-c4cccc5c4Oc4ccccc4C5(c4ccccc4)c4ccccc4)c3)n2)cc1. The molecule has 1 aliphatic rings. The van der Waals surface area contributed by atoms with Crippen molar-refractivity contribution in [1.29, 1.82) is 5.26 Å². The number of fused-ring (bicyclic) bond motifs is 2. The van der Waals surface area contributed by atoms with Crippen LogP contribution in [0.5, 0.6) is 11.5 Å². The molecule has 0 saturated heterocycles. The van der Waals surface area contributed by atoms with E-state index < -0.39 is 5.41 Å². The van der Waals surface area contributed by atoms with E-state index >= 15 is 0 Å². The summed E-state index contributed by atoms with van der Waals surface area (Å²) in [6, 6.07) is 69.5. The molecule has 0 spiro atoms. The van der Waals surface area contributed by atoms with Crippen molar-refractivity contribution >= 4 is 0 Å². The number of hydrogen-bond acceptors (Lipinski definition) is 3. The average Bonchev–Trinajstić information content (AvgIpc) is 3.23. The molecule has 3 heteroatoms. The van der Waals surface area contributed by atoms with Crippen LogP contribution in [0.25, 0.3) is 44.8 Å². The standard InChI is InChI=1S/C49H32N2O/c50-33-34-26-28-36(29-27-34)45-31-39(35-14-4-1-5-15-35)32-46(51-45)38-17-12-16-37(30-38)42-22-13-24-44-48(42)52-47-25-11-10-23-43(47)49(44,40-18-6-2-7-19-40)41-20-8-3-9-21-41/h1-32H. The third kappa shape index (κ3) is 5.26. The molecule has 1 aromatic heterocycles. The van der Waals surface area contributed by atoms with Gasteiger partial charge in [0.25, 0.3) is 0 Å². The number of pyridine rings is 1. The van der Waals surface area contributed by atoms with E-state index in [2.05, 4.69) is 164 Å². The van der Waals surface area contributed by atoms with E-state index in [1.54, 1.807) is 0 Å². The van der Waals surface area contributed by atoms with Gasteiger partial charge < -0.3 is 4.74 Å². The van der Waals surface area contributed by atoms with Crippen LogP contribution in [0.15, 0.2) is 194 Å². The van der Waals surface area contributed by atoms with Gasteiger partial charge in [-0.1, -0.05) is 158 Å². The molecule has 52 heavy (non-hydrogen) atoms. The summed E-state index contributed by atoms with van der Waals surface area (Å²) in [6.45, 7) is 0. The number of ether oxygens (including phenoxy) is 1. The van der Waals surface area contributed by atoms with Gasteiger partial charge in [0.2, 0.25) is 0 Å². The van der Waals surface area contributed by atoms with Crippen LogP contribution in [0.4, 0.5) is 0 Å². The molecule has 7 aromatic carbocycles. The first-order valence-electron chi connectivity index (χ1n) is 17.4. The Bertz CT molecular complexity index is 2550. The zero-order chi connectivity index (χ0) is 34.9. The number of hydrogen-bond donors (Lipinski definition) is 0. The van der Waals surface area contributed by atoms with Gasteiger partial charge in [0.05, 0.1) is 28.4 Å². The van der Waals surface area contributed by atoms with Crippen LogP contribution in [-0.2, 0) is 5.41 Å². The highest BCUT2D eigenvalue weighted by Crippen LogP contribution is 2.57. The van der Waals surface area contributed by atoms with Crippen LogP contribution in [-0.4, -0.2) is 4.98 Å². The van der Waals surface area contributed by atoms with E-state index in [4.69, 9.17) is 9.72 Å². The first-order chi connectivity index (χ1) is 25.7. The second-order valence-electron chi connectivity index (χ2n) is 13.0. The Morgan fingerprint density at radius 2 is 1.00 bits per heavy atom. The van der Waals surface area contributed by atoms with Crippen LogP contribution in [0.1, 0.15) is 27.8 Å². The van der Waals surface area contributed by atoms with Crippen molar-refractivity contribution in [3.05, 3.63) is 222 Å². The van der Waals surface area contributed by atoms with Crippen LogP contribution in [0.3, 0.4) is 0 Å². The quantitative estimate of drug-likeness (QED) is 0.178. The maximum atomic E-state index is 9.40. The summed E-state index contributed by atoms with van der Waals surface area (Å²) in [6.07, 6.45) is 0. The maximum Gasteiger partial charge on any atom is 0.140 e. The number of rotatable bonds is 6. The molecule has 0 amide bonds. The number of aromatic nitrogens is 1. The van der Waals surface area contributed by atoms with Crippen molar-refractivity contribution in [3.8, 4) is 62.3 Å². The zero-order valence-corrected chi connectivity index (χ0v) is 28.3. The molecule has 0 bridgehead atoms. The van der Waals surface area contributed by atoms with Crippen LogP contribution in [0.2, 0.25) is 0 Å². The first-order valence-corrected chi connectivity index (χ1v) is 17.4. The molecular formula is C49H32N2O. The molecule has 0 fully saturated rings. The third-order valence-corrected chi connectivity index (χ3v) is 10.0. The normalized spacial score (nSPS) is 12.5. The molecule has 2 heterocycles. The smallest absolute Gasteiger partial charge is 0.140 e. The predicted molar refractivity (Wildman–Crippen MR) is 209 cm³/mol. The van der Waals surface area contributed by atoms with E-state index in [1.165, 1.54) is 11.1 Å². The molecule has 0 aliphatic carbocycles. The van der Waals surface area contributed by atoms with Crippen molar-refractivity contribution in [3.63, 3.8) is 0 Å². The molecule has 1 aliphatic heterocycles. The number of benzene rings is 7. The van der Waals surface area contributed by atoms with E-state index in [1.807, 2.05) is 36.4 Å². The van der Waals surface area contributed by atoms with Gasteiger partial charge in [-0.2, -0.15) is 5.26 Å². The zero-order valence-electron chi connectivity index (χ0n) is 28.3. The minimum Gasteiger partial charge on any atom is -0.456 e. The van der Waals surface area contributed by atoms with E-state index in [9.17, 15) is 5.26 Å². The van der Waals surface area contributed by atoms with E-state index in [0.717, 1.165) is 67.4 Å². The number of para-hydroxylation sites is 2. The molecule has 0 saturated carbocycles. The lowest BCUT2D eigenvalue weighted by atomic mass is 9.63. The Balaban J connectivity index is 1.24. The molecule has 9 rings (SSSR count). The molecule has 0 atom stereocenters. The summed E-state index contributed by atoms with van der Waals surface area (Å²) < 4.78 is 6.94. The molecule has 3 nitrogen and oxygen atoms in total. The Labute approximate surface area is 303 Å². The lowest BCUT2D eigenvalue weighted by molar-refractivity contribution is 0.436. The van der Waals surface area contributed by atoms with Crippen LogP contribution >= 0.6 is 0 Å². The summed E-state index contributed by atoms with van der Waals surface area (Å²) in [5.41, 5.74) is 12.5. The Hall–Kier alpha value is -7.02. The summed E-state index contributed by atoms with van der Waals surface area (Å²) in [5, 5.41) is 9.40. The third-order valence-electron chi connectivity index (χ3n) is 10.0. The summed E-state index contributed by atoms with van der Waals surface area (Å²) in [7, 11) is 0. The highest BCUT2D eigenvalue weighted by Gasteiger charge is 2.45. The van der Waals surface area contributed by atoms with Crippen molar-refractivity contribution in [2.24, 2.45) is 0 Å². The maximum absolute atomic E-state index is 9.40. The number of nitriles is 1. The molecule has 0 unspecified atom stereocenters. The fourth-order valence-corrected chi connectivity index (χ4v) is 7.64. The van der Waals surface area contributed by atoms with Gasteiger partial charge in [0.1, 0.15) is 11.5 Å². The van der Waals surface area contributed by atoms with Gasteiger partial charge in [-0.05, 0) is 64.2 Å². The number of nitrogens with zero attached hydrogens (tertiary/aromatic N) is 2. The highest BCUT2D eigenvalue weighted by atomic mass is 16.5. The monoisotopic (exact) mass is 664 g/mol. The highest BCUT2D eigenvalue weighted by molar-refractivity contribution is 5.83. The van der Waals surface area contributed by atoms with Crippen molar-refractivity contribution in [1.82, 2.24) is 4.98 Å². The Morgan fingerprint density at radius 3 is 1.69 bits per heavy atom. The predicted octanol–water partition coefficient (Wildman–Crippen LogP) is 12.1. The van der Waals surface area contributed by atoms with Crippen molar-refractivity contribution in [2.75, 3.05) is 0 Å². The molecule has 0 radical (unpaired) electrons. The van der Waals surface area contributed by atoms with Gasteiger partial charge in [0.15, 0.2) is 0 Å².